The minimum Gasteiger partial charge on any atom is -0.465 e. The van der Waals surface area contributed by atoms with Gasteiger partial charge in [0.2, 0.25) is 5.91 Å². The Morgan fingerprint density at radius 3 is 2.58 bits per heavy atom. The van der Waals surface area contributed by atoms with E-state index in [1.165, 1.54) is 30.2 Å². The number of anilines is 2. The molecule has 0 radical (unpaired) electrons. The Morgan fingerprint density at radius 1 is 1.17 bits per heavy atom. The van der Waals surface area contributed by atoms with E-state index in [9.17, 15) is 22.8 Å². The van der Waals surface area contributed by atoms with E-state index in [2.05, 4.69) is 4.74 Å². The highest BCUT2D eigenvalue weighted by atomic mass is 19.4. The number of halogens is 3. The first kappa shape index (κ1) is 16.0. The lowest BCUT2D eigenvalue weighted by Crippen LogP contribution is -2.21. The number of carbonyl (C=O) groups is 2. The maximum absolute atomic E-state index is 12.9. The van der Waals surface area contributed by atoms with Crippen molar-refractivity contribution in [3.63, 3.8) is 0 Å². The number of methoxy groups -OCH3 is 1. The summed E-state index contributed by atoms with van der Waals surface area (Å²) in [6, 6.07) is 9.23. The third-order valence-electron chi connectivity index (χ3n) is 3.77. The van der Waals surface area contributed by atoms with Crippen molar-refractivity contribution < 1.29 is 27.5 Å². The first-order valence-electron chi connectivity index (χ1n) is 7.02. The molecule has 1 heterocycles. The minimum absolute atomic E-state index is 0.00984. The van der Waals surface area contributed by atoms with Crippen molar-refractivity contribution in [3.8, 4) is 0 Å². The third kappa shape index (κ3) is 2.73. The average molecular weight is 335 g/mol. The molecule has 0 aromatic heterocycles. The highest BCUT2D eigenvalue weighted by Gasteiger charge is 2.35. The van der Waals surface area contributed by atoms with Crippen LogP contribution in [0.15, 0.2) is 42.5 Å². The van der Waals surface area contributed by atoms with Crippen LogP contribution in [0.2, 0.25) is 0 Å². The number of nitrogens with zero attached hydrogens (tertiary/aromatic N) is 1. The average Bonchev–Trinajstić information content (AvgIpc) is 2.88. The molecule has 124 valence electrons. The van der Waals surface area contributed by atoms with E-state index in [1.54, 1.807) is 12.1 Å². The van der Waals surface area contributed by atoms with Gasteiger partial charge in [-0.05, 0) is 35.9 Å². The van der Waals surface area contributed by atoms with Crippen LogP contribution in [0.4, 0.5) is 24.5 Å². The van der Waals surface area contributed by atoms with E-state index in [0.29, 0.717) is 11.3 Å². The predicted molar refractivity (Wildman–Crippen MR) is 80.1 cm³/mol. The van der Waals surface area contributed by atoms with Crippen LogP contribution >= 0.6 is 0 Å². The van der Waals surface area contributed by atoms with Gasteiger partial charge in [0.05, 0.1) is 30.3 Å². The summed E-state index contributed by atoms with van der Waals surface area (Å²) >= 11 is 0. The molecule has 4 nitrogen and oxygen atoms in total. The molecule has 0 aliphatic carbocycles. The zero-order chi connectivity index (χ0) is 17.5. The summed E-state index contributed by atoms with van der Waals surface area (Å²) in [5.41, 5.74) is 0.391. The van der Waals surface area contributed by atoms with Gasteiger partial charge in [0.1, 0.15) is 0 Å². The number of benzene rings is 2. The molecule has 1 aliphatic rings. The summed E-state index contributed by atoms with van der Waals surface area (Å²) in [4.78, 5) is 25.1. The number of rotatable bonds is 2. The van der Waals surface area contributed by atoms with Crippen LogP contribution in [0.5, 0.6) is 0 Å². The SMILES string of the molecule is COC(=O)c1cccc(N2C(=O)Cc3ccc(C(F)(F)F)cc32)c1. The monoisotopic (exact) mass is 335 g/mol. The van der Waals surface area contributed by atoms with E-state index in [1.807, 2.05) is 0 Å². The molecule has 2 aromatic carbocycles. The second-order valence-corrected chi connectivity index (χ2v) is 5.29. The maximum Gasteiger partial charge on any atom is 0.416 e. The van der Waals surface area contributed by atoms with E-state index in [-0.39, 0.29) is 23.6 Å². The van der Waals surface area contributed by atoms with Crippen molar-refractivity contribution in [2.75, 3.05) is 12.0 Å². The number of hydrogen-bond acceptors (Lipinski definition) is 3. The standard InChI is InChI=1S/C17H12F3NO3/c1-24-16(23)11-3-2-4-13(7-11)21-14-9-12(17(18,19)20)6-5-10(14)8-15(21)22/h2-7,9H,8H2,1H3. The Kier molecular flexibility index (Phi) is 3.79. The second kappa shape index (κ2) is 5.67. The maximum atomic E-state index is 12.9. The number of fused-ring (bicyclic) bond motifs is 1. The van der Waals surface area contributed by atoms with Crippen LogP contribution < -0.4 is 4.90 Å². The molecule has 0 spiro atoms. The van der Waals surface area contributed by atoms with Crippen LogP contribution in [0.3, 0.4) is 0 Å². The van der Waals surface area contributed by atoms with Gasteiger partial charge in [0, 0.05) is 5.69 Å². The largest absolute Gasteiger partial charge is 0.465 e. The summed E-state index contributed by atoms with van der Waals surface area (Å²) in [5, 5.41) is 0. The van der Waals surface area contributed by atoms with Crippen molar-refractivity contribution >= 4 is 23.3 Å². The molecule has 2 aromatic rings. The van der Waals surface area contributed by atoms with Gasteiger partial charge in [-0.2, -0.15) is 13.2 Å². The van der Waals surface area contributed by atoms with E-state index < -0.39 is 17.7 Å². The molecule has 0 saturated heterocycles. The number of esters is 1. The molecule has 0 N–H and O–H groups in total. The zero-order valence-corrected chi connectivity index (χ0v) is 12.6. The predicted octanol–water partition coefficient (Wildman–Crippen LogP) is 3.71. The number of amides is 1. The smallest absolute Gasteiger partial charge is 0.416 e. The Morgan fingerprint density at radius 2 is 1.92 bits per heavy atom. The van der Waals surface area contributed by atoms with Crippen molar-refractivity contribution in [1.82, 2.24) is 0 Å². The van der Waals surface area contributed by atoms with Gasteiger partial charge in [-0.3, -0.25) is 9.69 Å². The van der Waals surface area contributed by atoms with Gasteiger partial charge in [-0.25, -0.2) is 4.79 Å². The molecule has 0 unspecified atom stereocenters. The van der Waals surface area contributed by atoms with Crippen LogP contribution in [0.1, 0.15) is 21.5 Å². The summed E-state index contributed by atoms with van der Waals surface area (Å²) < 4.78 is 43.4. The summed E-state index contributed by atoms with van der Waals surface area (Å²) in [6.45, 7) is 0. The zero-order valence-electron chi connectivity index (χ0n) is 12.6. The molecular weight excluding hydrogens is 323 g/mol. The Labute approximate surface area is 135 Å². The van der Waals surface area contributed by atoms with Crippen molar-refractivity contribution in [1.29, 1.82) is 0 Å². The fourth-order valence-corrected chi connectivity index (χ4v) is 2.65. The quantitative estimate of drug-likeness (QED) is 0.786. The Bertz CT molecular complexity index is 830. The fourth-order valence-electron chi connectivity index (χ4n) is 2.65. The lowest BCUT2D eigenvalue weighted by molar-refractivity contribution is -0.137. The van der Waals surface area contributed by atoms with Crippen molar-refractivity contribution in [2.24, 2.45) is 0 Å². The number of hydrogen-bond donors (Lipinski definition) is 0. The lowest BCUT2D eigenvalue weighted by atomic mass is 10.1. The number of alkyl halides is 3. The number of carbonyl (C=O) groups excluding carboxylic acids is 2. The Balaban J connectivity index is 2.08. The highest BCUT2D eigenvalue weighted by molar-refractivity contribution is 6.08. The molecule has 0 atom stereocenters. The van der Waals surface area contributed by atoms with E-state index in [4.69, 9.17) is 0 Å². The fraction of sp³-hybridized carbons (Fsp3) is 0.176. The normalized spacial score (nSPS) is 13.8. The molecule has 0 fully saturated rings. The third-order valence-corrected chi connectivity index (χ3v) is 3.77. The Hall–Kier alpha value is -2.83. The summed E-state index contributed by atoms with van der Waals surface area (Å²) in [7, 11) is 1.22. The van der Waals surface area contributed by atoms with Gasteiger partial charge in [-0.15, -0.1) is 0 Å². The first-order valence-corrected chi connectivity index (χ1v) is 7.02. The van der Waals surface area contributed by atoms with Crippen LogP contribution in [-0.2, 0) is 22.1 Å². The van der Waals surface area contributed by atoms with Crippen LogP contribution in [-0.4, -0.2) is 19.0 Å². The molecular formula is C17H12F3NO3. The molecule has 0 saturated carbocycles. The molecule has 0 bridgehead atoms. The summed E-state index contributed by atoms with van der Waals surface area (Å²) in [5.74, 6) is -0.945. The molecule has 1 aliphatic heterocycles. The van der Waals surface area contributed by atoms with Crippen molar-refractivity contribution in [2.45, 2.75) is 12.6 Å². The molecule has 24 heavy (non-hydrogen) atoms. The first-order chi connectivity index (χ1) is 11.3. The topological polar surface area (TPSA) is 46.6 Å². The van der Waals surface area contributed by atoms with Gasteiger partial charge in [0.25, 0.3) is 0 Å². The number of ether oxygens (including phenoxy) is 1. The molecule has 1 amide bonds. The van der Waals surface area contributed by atoms with E-state index in [0.717, 1.165) is 12.1 Å². The molecule has 7 heteroatoms. The van der Waals surface area contributed by atoms with Crippen LogP contribution in [0.25, 0.3) is 0 Å². The summed E-state index contributed by atoms with van der Waals surface area (Å²) in [6.07, 6.45) is -4.49. The van der Waals surface area contributed by atoms with Gasteiger partial charge >= 0.3 is 12.1 Å². The lowest BCUT2D eigenvalue weighted by Gasteiger charge is -2.19. The van der Waals surface area contributed by atoms with Gasteiger partial charge in [-0.1, -0.05) is 12.1 Å². The van der Waals surface area contributed by atoms with E-state index >= 15 is 0 Å². The van der Waals surface area contributed by atoms with Crippen LogP contribution in [0, 0.1) is 0 Å². The van der Waals surface area contributed by atoms with Crippen molar-refractivity contribution in [3.05, 3.63) is 59.2 Å². The molecule has 3 rings (SSSR count). The van der Waals surface area contributed by atoms with Gasteiger partial charge in [0.15, 0.2) is 0 Å². The highest BCUT2D eigenvalue weighted by Crippen LogP contribution is 2.40. The van der Waals surface area contributed by atoms with Gasteiger partial charge < -0.3 is 4.74 Å². The second-order valence-electron chi connectivity index (χ2n) is 5.29. The minimum atomic E-state index is -4.50.